The molecule has 0 unspecified atom stereocenters. The summed E-state index contributed by atoms with van der Waals surface area (Å²) in [6.45, 7) is 0. The molecular formula is C34H21NO. The number of hydrogen-bond acceptors (Lipinski definition) is 1. The average molecular weight is 460 g/mol. The Hall–Kier alpha value is -4.82. The molecule has 8 rings (SSSR count). The second-order valence-electron chi connectivity index (χ2n) is 9.46. The highest BCUT2D eigenvalue weighted by Crippen LogP contribution is 2.39. The van der Waals surface area contributed by atoms with E-state index in [1.807, 2.05) is 12.1 Å². The minimum atomic E-state index is 0.920. The number of para-hydroxylation sites is 2. The molecule has 0 fully saturated rings. The molecule has 2 heteroatoms. The molecule has 6 aromatic carbocycles. The maximum Gasteiger partial charge on any atom is 0.136 e. The van der Waals surface area contributed by atoms with Crippen LogP contribution >= 0.6 is 0 Å². The number of hydrogen-bond donors (Lipinski definition) is 1. The van der Waals surface area contributed by atoms with Crippen LogP contribution in [0.3, 0.4) is 0 Å². The van der Waals surface area contributed by atoms with Crippen molar-refractivity contribution in [2.75, 3.05) is 0 Å². The van der Waals surface area contributed by atoms with Gasteiger partial charge in [-0.2, -0.15) is 0 Å². The zero-order valence-electron chi connectivity index (χ0n) is 19.5. The Kier molecular flexibility index (Phi) is 3.97. The van der Waals surface area contributed by atoms with Crippen LogP contribution in [-0.4, -0.2) is 4.98 Å². The van der Waals surface area contributed by atoms with Crippen molar-refractivity contribution >= 4 is 54.5 Å². The highest BCUT2D eigenvalue weighted by atomic mass is 16.3. The molecule has 0 saturated heterocycles. The van der Waals surface area contributed by atoms with Gasteiger partial charge < -0.3 is 9.40 Å². The standard InChI is InChI=1S/C34H21NO/c1-2-9-22-20-30-29(19-21(22)8-1)27-15-6-14-26(34(27)35-30)24-11-5-10-23(18-24)25-13-7-17-32-33(25)28-12-3-4-16-31(28)36-32/h1-20,35H. The van der Waals surface area contributed by atoms with E-state index in [9.17, 15) is 0 Å². The Morgan fingerprint density at radius 2 is 1.14 bits per heavy atom. The van der Waals surface area contributed by atoms with Crippen LogP contribution in [0.5, 0.6) is 0 Å². The van der Waals surface area contributed by atoms with Crippen LogP contribution in [0.25, 0.3) is 76.8 Å². The van der Waals surface area contributed by atoms with Crippen LogP contribution in [0.2, 0.25) is 0 Å². The Morgan fingerprint density at radius 3 is 2.06 bits per heavy atom. The number of furan rings is 1. The molecule has 0 atom stereocenters. The SMILES string of the molecule is c1cc(-c2cccc3c2[nH]c2cc4ccccc4cc23)cc(-c2cccc3oc4ccccc4c23)c1. The van der Waals surface area contributed by atoms with Crippen LogP contribution in [0.15, 0.2) is 126 Å². The molecule has 0 radical (unpaired) electrons. The van der Waals surface area contributed by atoms with Gasteiger partial charge >= 0.3 is 0 Å². The highest BCUT2D eigenvalue weighted by molar-refractivity contribution is 6.16. The van der Waals surface area contributed by atoms with E-state index in [1.54, 1.807) is 0 Å². The molecule has 0 aliphatic rings. The molecular weight excluding hydrogens is 438 g/mol. The van der Waals surface area contributed by atoms with E-state index < -0.39 is 0 Å². The van der Waals surface area contributed by atoms with Crippen LogP contribution in [0.1, 0.15) is 0 Å². The van der Waals surface area contributed by atoms with Crippen molar-refractivity contribution in [3.63, 3.8) is 0 Å². The number of nitrogens with one attached hydrogen (secondary N) is 1. The number of aromatic amines is 1. The normalized spacial score (nSPS) is 11.9. The lowest BCUT2D eigenvalue weighted by Crippen LogP contribution is -1.84. The maximum absolute atomic E-state index is 6.15. The fraction of sp³-hybridized carbons (Fsp3) is 0. The van der Waals surface area contributed by atoms with Gasteiger partial charge in [-0.05, 0) is 57.8 Å². The fourth-order valence-electron chi connectivity index (χ4n) is 5.72. The summed E-state index contributed by atoms with van der Waals surface area (Å²) in [7, 11) is 0. The van der Waals surface area contributed by atoms with Crippen LogP contribution in [-0.2, 0) is 0 Å². The Balaban J connectivity index is 1.35. The van der Waals surface area contributed by atoms with Gasteiger partial charge in [0.25, 0.3) is 0 Å². The average Bonchev–Trinajstić information content (AvgIpc) is 3.49. The van der Waals surface area contributed by atoms with E-state index in [-0.39, 0.29) is 0 Å². The molecule has 36 heavy (non-hydrogen) atoms. The first-order valence-electron chi connectivity index (χ1n) is 12.3. The Bertz CT molecular complexity index is 2110. The monoisotopic (exact) mass is 459 g/mol. The van der Waals surface area contributed by atoms with E-state index in [1.165, 1.54) is 60.2 Å². The minimum absolute atomic E-state index is 0.920. The third kappa shape index (κ3) is 2.79. The second kappa shape index (κ2) is 7.34. The summed E-state index contributed by atoms with van der Waals surface area (Å²) in [5.74, 6) is 0. The number of fused-ring (bicyclic) bond motifs is 7. The molecule has 0 bridgehead atoms. The van der Waals surface area contributed by atoms with Gasteiger partial charge in [0.05, 0.1) is 5.52 Å². The summed E-state index contributed by atoms with van der Waals surface area (Å²) in [5.41, 5.74) is 8.96. The lowest BCUT2D eigenvalue weighted by Gasteiger charge is -2.09. The third-order valence-corrected chi connectivity index (χ3v) is 7.39. The maximum atomic E-state index is 6.15. The van der Waals surface area contributed by atoms with Crippen LogP contribution < -0.4 is 0 Å². The van der Waals surface area contributed by atoms with Gasteiger partial charge in [0.15, 0.2) is 0 Å². The van der Waals surface area contributed by atoms with Crippen molar-refractivity contribution < 1.29 is 4.42 Å². The molecule has 168 valence electrons. The van der Waals surface area contributed by atoms with E-state index in [0.29, 0.717) is 0 Å². The van der Waals surface area contributed by atoms with Gasteiger partial charge in [0, 0.05) is 32.6 Å². The number of aromatic nitrogens is 1. The predicted octanol–water partition coefficient (Wildman–Crippen LogP) is 9.71. The quantitative estimate of drug-likeness (QED) is 0.274. The van der Waals surface area contributed by atoms with Gasteiger partial charge in [-0.3, -0.25) is 0 Å². The lowest BCUT2D eigenvalue weighted by atomic mass is 9.95. The van der Waals surface area contributed by atoms with E-state index >= 15 is 0 Å². The molecule has 2 aromatic heterocycles. The Labute approximate surface area is 207 Å². The van der Waals surface area contributed by atoms with Gasteiger partial charge in [-0.15, -0.1) is 0 Å². The third-order valence-electron chi connectivity index (χ3n) is 7.39. The second-order valence-corrected chi connectivity index (χ2v) is 9.46. The first-order valence-corrected chi connectivity index (χ1v) is 12.3. The molecule has 8 aromatic rings. The molecule has 0 aliphatic heterocycles. The van der Waals surface area contributed by atoms with Gasteiger partial charge in [0.2, 0.25) is 0 Å². The van der Waals surface area contributed by atoms with Gasteiger partial charge in [-0.1, -0.05) is 91.0 Å². The van der Waals surface area contributed by atoms with E-state index in [4.69, 9.17) is 4.42 Å². The molecule has 2 nitrogen and oxygen atoms in total. The predicted molar refractivity (Wildman–Crippen MR) is 151 cm³/mol. The first kappa shape index (κ1) is 19.5. The zero-order chi connectivity index (χ0) is 23.6. The fourth-order valence-corrected chi connectivity index (χ4v) is 5.72. The Morgan fingerprint density at radius 1 is 0.472 bits per heavy atom. The number of benzene rings is 6. The highest BCUT2D eigenvalue weighted by Gasteiger charge is 2.14. The minimum Gasteiger partial charge on any atom is -0.456 e. The van der Waals surface area contributed by atoms with Crippen molar-refractivity contribution in [3.05, 3.63) is 121 Å². The smallest absolute Gasteiger partial charge is 0.136 e. The van der Waals surface area contributed by atoms with Crippen molar-refractivity contribution in [2.24, 2.45) is 0 Å². The molecule has 0 spiro atoms. The first-order chi connectivity index (χ1) is 17.8. The van der Waals surface area contributed by atoms with E-state index in [2.05, 4.69) is 114 Å². The summed E-state index contributed by atoms with van der Waals surface area (Å²) in [4.78, 5) is 3.73. The number of rotatable bonds is 2. The van der Waals surface area contributed by atoms with E-state index in [0.717, 1.165) is 16.6 Å². The van der Waals surface area contributed by atoms with Crippen molar-refractivity contribution in [1.82, 2.24) is 4.98 Å². The van der Waals surface area contributed by atoms with Crippen molar-refractivity contribution in [3.8, 4) is 22.3 Å². The molecule has 2 heterocycles. The summed E-state index contributed by atoms with van der Waals surface area (Å²) in [5, 5.41) is 7.34. The van der Waals surface area contributed by atoms with Crippen molar-refractivity contribution in [1.29, 1.82) is 0 Å². The molecule has 1 N–H and O–H groups in total. The molecule has 0 saturated carbocycles. The molecule has 0 aliphatic carbocycles. The summed E-state index contributed by atoms with van der Waals surface area (Å²) in [6.07, 6.45) is 0. The molecule has 0 amide bonds. The zero-order valence-corrected chi connectivity index (χ0v) is 19.5. The summed E-state index contributed by atoms with van der Waals surface area (Å²) >= 11 is 0. The van der Waals surface area contributed by atoms with Crippen LogP contribution in [0, 0.1) is 0 Å². The van der Waals surface area contributed by atoms with Crippen molar-refractivity contribution in [2.45, 2.75) is 0 Å². The van der Waals surface area contributed by atoms with Gasteiger partial charge in [-0.25, -0.2) is 0 Å². The number of H-pyrrole nitrogens is 1. The largest absolute Gasteiger partial charge is 0.456 e. The van der Waals surface area contributed by atoms with Gasteiger partial charge in [0.1, 0.15) is 11.2 Å². The summed E-state index contributed by atoms with van der Waals surface area (Å²) in [6, 6.07) is 43.2. The lowest BCUT2D eigenvalue weighted by molar-refractivity contribution is 0.669. The summed E-state index contributed by atoms with van der Waals surface area (Å²) < 4.78 is 6.15. The van der Waals surface area contributed by atoms with Crippen LogP contribution in [0.4, 0.5) is 0 Å². The topological polar surface area (TPSA) is 28.9 Å².